The molecule has 0 fully saturated rings. The molecule has 19 heavy (non-hydrogen) atoms. The maximum absolute atomic E-state index is 9.35. The summed E-state index contributed by atoms with van der Waals surface area (Å²) in [5.74, 6) is 0.312. The zero-order valence-corrected chi connectivity index (χ0v) is 13.5. The Bertz CT molecular complexity index is 361. The quantitative estimate of drug-likeness (QED) is 0.456. The summed E-state index contributed by atoms with van der Waals surface area (Å²) in [6.45, 7) is 15.9. The molecule has 0 amide bonds. The molecule has 0 radical (unpaired) electrons. The molecule has 1 nitrogen and oxygen atoms in total. The SMILES string of the molecule is C=C(C)C(=C\C=C/C)/C(/C=C(\C)O)=C/CC.CCC. The number of hydrogen-bond donors (Lipinski definition) is 1. The Balaban J connectivity index is 0. The van der Waals surface area contributed by atoms with Gasteiger partial charge in [-0.3, -0.25) is 0 Å². The van der Waals surface area contributed by atoms with Crippen LogP contribution in [0.15, 0.2) is 59.4 Å². The van der Waals surface area contributed by atoms with Gasteiger partial charge in [0, 0.05) is 0 Å². The third-order valence-corrected chi connectivity index (χ3v) is 2.01. The van der Waals surface area contributed by atoms with Gasteiger partial charge in [0.15, 0.2) is 0 Å². The van der Waals surface area contributed by atoms with Crippen molar-refractivity contribution in [2.75, 3.05) is 0 Å². The summed E-state index contributed by atoms with van der Waals surface area (Å²) >= 11 is 0. The van der Waals surface area contributed by atoms with E-state index in [1.165, 1.54) is 6.42 Å². The van der Waals surface area contributed by atoms with Crippen LogP contribution in [-0.4, -0.2) is 5.11 Å². The van der Waals surface area contributed by atoms with Gasteiger partial charge in [-0.05, 0) is 44.4 Å². The molecule has 0 rings (SSSR count). The molecular weight excluding hydrogens is 232 g/mol. The van der Waals surface area contributed by atoms with Gasteiger partial charge < -0.3 is 5.11 Å². The number of aliphatic hydroxyl groups excluding tert-OH is 1. The molecular formula is C18H30O. The lowest BCUT2D eigenvalue weighted by Crippen LogP contribution is -1.90. The van der Waals surface area contributed by atoms with E-state index in [9.17, 15) is 5.11 Å². The molecule has 1 N–H and O–H groups in total. The van der Waals surface area contributed by atoms with Crippen molar-refractivity contribution in [3.8, 4) is 0 Å². The predicted octanol–water partition coefficient (Wildman–Crippen LogP) is 6.28. The van der Waals surface area contributed by atoms with E-state index in [0.717, 1.165) is 23.1 Å². The standard InChI is InChI=1S/C15H22O.C3H8/c1-6-8-10-15(12(3)4)14(9-7-2)11-13(5)16;1-3-2/h6,8-11,16H,3,7H2,1-2,4-5H3;3H2,1-2H3/b8-6-,13-11+,14-9+,15-10+;. The summed E-state index contributed by atoms with van der Waals surface area (Å²) < 4.78 is 0. The Morgan fingerprint density at radius 3 is 2.00 bits per heavy atom. The summed E-state index contributed by atoms with van der Waals surface area (Å²) in [6.07, 6.45) is 12.0. The van der Waals surface area contributed by atoms with Crippen LogP contribution in [0.25, 0.3) is 0 Å². The fraction of sp³-hybridized carbons (Fsp3) is 0.444. The topological polar surface area (TPSA) is 20.2 Å². The van der Waals surface area contributed by atoms with Crippen LogP contribution in [0.2, 0.25) is 0 Å². The van der Waals surface area contributed by atoms with Gasteiger partial charge in [0.25, 0.3) is 0 Å². The van der Waals surface area contributed by atoms with E-state index >= 15 is 0 Å². The molecule has 0 saturated carbocycles. The van der Waals surface area contributed by atoms with Crippen molar-refractivity contribution < 1.29 is 5.11 Å². The van der Waals surface area contributed by atoms with Crippen molar-refractivity contribution in [1.29, 1.82) is 0 Å². The minimum Gasteiger partial charge on any atom is -0.513 e. The van der Waals surface area contributed by atoms with E-state index in [1.807, 2.05) is 32.1 Å². The maximum atomic E-state index is 9.35. The Kier molecular flexibility index (Phi) is 13.5. The average Bonchev–Trinajstić information content (AvgIpc) is 2.29. The predicted molar refractivity (Wildman–Crippen MR) is 88.4 cm³/mol. The van der Waals surface area contributed by atoms with Crippen molar-refractivity contribution in [3.05, 3.63) is 59.4 Å². The van der Waals surface area contributed by atoms with Crippen LogP contribution in [0.3, 0.4) is 0 Å². The Morgan fingerprint density at radius 1 is 1.16 bits per heavy atom. The molecule has 0 aromatic rings. The van der Waals surface area contributed by atoms with Gasteiger partial charge in [-0.1, -0.05) is 63.6 Å². The first-order chi connectivity index (χ1) is 8.94. The smallest absolute Gasteiger partial charge is 0.0897 e. The first kappa shape index (κ1) is 19.8. The number of hydrogen-bond acceptors (Lipinski definition) is 1. The highest BCUT2D eigenvalue weighted by atomic mass is 16.3. The fourth-order valence-electron chi connectivity index (χ4n) is 1.37. The molecule has 0 heterocycles. The van der Waals surface area contributed by atoms with Crippen molar-refractivity contribution in [3.63, 3.8) is 0 Å². The molecule has 108 valence electrons. The third-order valence-electron chi connectivity index (χ3n) is 2.01. The van der Waals surface area contributed by atoms with Crippen LogP contribution in [0.1, 0.15) is 54.4 Å². The van der Waals surface area contributed by atoms with Crippen LogP contribution < -0.4 is 0 Å². The first-order valence-corrected chi connectivity index (χ1v) is 7.01. The zero-order valence-electron chi connectivity index (χ0n) is 13.5. The minimum atomic E-state index is 0.312. The van der Waals surface area contributed by atoms with Gasteiger partial charge in [-0.2, -0.15) is 0 Å². The molecule has 0 aliphatic rings. The molecule has 0 saturated heterocycles. The molecule has 1 heteroatoms. The van der Waals surface area contributed by atoms with Gasteiger partial charge in [0.1, 0.15) is 0 Å². The summed E-state index contributed by atoms with van der Waals surface area (Å²) in [4.78, 5) is 0. The molecule has 0 aliphatic carbocycles. The van der Waals surface area contributed by atoms with Crippen molar-refractivity contribution in [2.45, 2.75) is 54.4 Å². The van der Waals surface area contributed by atoms with Crippen molar-refractivity contribution >= 4 is 0 Å². The minimum absolute atomic E-state index is 0.312. The molecule has 0 aromatic heterocycles. The Labute approximate surface area is 119 Å². The molecule has 0 unspecified atom stereocenters. The van der Waals surface area contributed by atoms with Crippen LogP contribution in [0.5, 0.6) is 0 Å². The summed E-state index contributed by atoms with van der Waals surface area (Å²) in [5.41, 5.74) is 3.08. The monoisotopic (exact) mass is 262 g/mol. The summed E-state index contributed by atoms with van der Waals surface area (Å²) in [6, 6.07) is 0. The van der Waals surface area contributed by atoms with E-state index in [2.05, 4.69) is 33.4 Å². The van der Waals surface area contributed by atoms with Crippen molar-refractivity contribution in [1.82, 2.24) is 0 Å². The largest absolute Gasteiger partial charge is 0.513 e. The summed E-state index contributed by atoms with van der Waals surface area (Å²) in [5, 5.41) is 9.35. The van der Waals surface area contributed by atoms with Gasteiger partial charge in [0.2, 0.25) is 0 Å². The molecule has 0 bridgehead atoms. The highest BCUT2D eigenvalue weighted by Crippen LogP contribution is 2.21. The number of rotatable bonds is 5. The lowest BCUT2D eigenvalue weighted by atomic mass is 9.97. The molecule has 0 atom stereocenters. The van der Waals surface area contributed by atoms with Gasteiger partial charge >= 0.3 is 0 Å². The molecule has 0 aliphatic heterocycles. The van der Waals surface area contributed by atoms with E-state index in [-0.39, 0.29) is 0 Å². The molecule has 0 spiro atoms. The first-order valence-electron chi connectivity index (χ1n) is 7.01. The highest BCUT2D eigenvalue weighted by Gasteiger charge is 2.02. The van der Waals surface area contributed by atoms with Crippen LogP contribution in [0, 0.1) is 0 Å². The second-order valence-corrected chi connectivity index (χ2v) is 4.45. The second kappa shape index (κ2) is 12.9. The van der Waals surface area contributed by atoms with Crippen molar-refractivity contribution in [2.24, 2.45) is 0 Å². The van der Waals surface area contributed by atoms with Gasteiger partial charge in [-0.15, -0.1) is 0 Å². The normalized spacial score (nSPS) is 13.3. The van der Waals surface area contributed by atoms with E-state index < -0.39 is 0 Å². The number of allylic oxidation sites excluding steroid dienone is 9. The van der Waals surface area contributed by atoms with Crippen LogP contribution in [-0.2, 0) is 0 Å². The lowest BCUT2D eigenvalue weighted by molar-refractivity contribution is 0.414. The van der Waals surface area contributed by atoms with Crippen LogP contribution in [0.4, 0.5) is 0 Å². The Hall–Kier alpha value is -1.50. The fourth-order valence-corrected chi connectivity index (χ4v) is 1.37. The Morgan fingerprint density at radius 2 is 1.68 bits per heavy atom. The van der Waals surface area contributed by atoms with E-state index in [4.69, 9.17) is 0 Å². The summed E-state index contributed by atoms with van der Waals surface area (Å²) in [7, 11) is 0. The lowest BCUT2D eigenvalue weighted by Gasteiger charge is -2.08. The third kappa shape index (κ3) is 11.3. The number of aliphatic hydroxyl groups is 1. The van der Waals surface area contributed by atoms with E-state index in [1.54, 1.807) is 13.0 Å². The average molecular weight is 262 g/mol. The van der Waals surface area contributed by atoms with Crippen LogP contribution >= 0.6 is 0 Å². The zero-order chi connectivity index (χ0) is 15.3. The maximum Gasteiger partial charge on any atom is 0.0897 e. The highest BCUT2D eigenvalue weighted by molar-refractivity contribution is 5.51. The van der Waals surface area contributed by atoms with E-state index in [0.29, 0.717) is 5.76 Å². The molecule has 0 aromatic carbocycles. The van der Waals surface area contributed by atoms with Gasteiger partial charge in [-0.25, -0.2) is 0 Å². The second-order valence-electron chi connectivity index (χ2n) is 4.45. The van der Waals surface area contributed by atoms with Gasteiger partial charge in [0.05, 0.1) is 5.76 Å².